The first-order valence-corrected chi connectivity index (χ1v) is 2.86. The van der Waals surface area contributed by atoms with Crippen molar-refractivity contribution in [1.29, 1.82) is 0 Å². The van der Waals surface area contributed by atoms with Crippen molar-refractivity contribution in [3.8, 4) is 0 Å². The molecule has 0 aromatic rings. The molecule has 0 radical (unpaired) electrons. The topological polar surface area (TPSA) is 26.0 Å². The zero-order chi connectivity index (χ0) is 5.54. The molecule has 0 saturated carbocycles. The molecule has 0 atom stereocenters. The molecule has 0 aliphatic heterocycles. The van der Waals surface area contributed by atoms with Gasteiger partial charge in [0.2, 0.25) is 0 Å². The molecule has 0 amide bonds. The lowest BCUT2D eigenvalue weighted by atomic mass is 10.4. The summed E-state index contributed by atoms with van der Waals surface area (Å²) in [7, 11) is 0. The average Bonchev–Trinajstić information content (AvgIpc) is 1.69. The molecule has 0 fully saturated rings. The molecule has 0 aromatic heterocycles. The minimum atomic E-state index is 0. The Kier molecular flexibility index (Phi) is 14.3. The Morgan fingerprint density at radius 1 is 1.38 bits per heavy atom. The Morgan fingerprint density at radius 2 is 2.00 bits per heavy atom. The van der Waals surface area contributed by atoms with Crippen LogP contribution in [0.2, 0.25) is 0 Å². The van der Waals surface area contributed by atoms with Crippen molar-refractivity contribution in [3.63, 3.8) is 0 Å². The molecule has 2 N–H and O–H groups in total. The van der Waals surface area contributed by atoms with E-state index >= 15 is 0 Å². The summed E-state index contributed by atoms with van der Waals surface area (Å²) in [6.07, 6.45) is 4.81. The minimum Gasteiger partial charge on any atom is -0.327 e. The Bertz CT molecular complexity index is 54.4. The molecule has 3 heteroatoms. The van der Waals surface area contributed by atoms with Crippen molar-refractivity contribution in [3.05, 3.63) is 12.2 Å². The highest BCUT2D eigenvalue weighted by atomic mass is 35.5. The normalized spacial score (nSPS) is 9.25. The van der Waals surface area contributed by atoms with Crippen LogP contribution < -0.4 is 5.73 Å². The van der Waals surface area contributed by atoms with Gasteiger partial charge >= 0.3 is 0 Å². The van der Waals surface area contributed by atoms with Crippen molar-refractivity contribution >= 4 is 24.0 Å². The maximum absolute atomic E-state index is 5.35. The maximum Gasteiger partial charge on any atom is 0.0258 e. The van der Waals surface area contributed by atoms with Gasteiger partial charge in [-0.1, -0.05) is 12.2 Å². The number of hydrogen-bond acceptors (Lipinski definition) is 1. The van der Waals surface area contributed by atoms with Gasteiger partial charge in [0.25, 0.3) is 0 Å². The van der Waals surface area contributed by atoms with Gasteiger partial charge in [0.1, 0.15) is 0 Å². The van der Waals surface area contributed by atoms with Crippen LogP contribution in [0, 0.1) is 0 Å². The highest BCUT2D eigenvalue weighted by Gasteiger charge is 1.69. The summed E-state index contributed by atoms with van der Waals surface area (Å²) in [6.45, 7) is 0.622. The molecule has 0 bridgehead atoms. The van der Waals surface area contributed by atoms with Crippen molar-refractivity contribution in [2.24, 2.45) is 5.73 Å². The summed E-state index contributed by atoms with van der Waals surface area (Å²) in [5, 5.41) is 0. The summed E-state index contributed by atoms with van der Waals surface area (Å²) in [5.41, 5.74) is 5.14. The lowest BCUT2D eigenvalue weighted by Gasteiger charge is -1.78. The number of allylic oxidation sites excluding steroid dienone is 1. The third kappa shape index (κ3) is 9.56. The van der Waals surface area contributed by atoms with Crippen LogP contribution in [-0.2, 0) is 0 Å². The maximum atomic E-state index is 5.35. The number of nitrogens with two attached hydrogens (primary N) is 1. The highest BCUT2D eigenvalue weighted by molar-refractivity contribution is 6.17. The Hall–Kier alpha value is 0.280. The summed E-state index contributed by atoms with van der Waals surface area (Å²) in [4.78, 5) is 0. The van der Waals surface area contributed by atoms with E-state index in [1.165, 1.54) is 0 Å². The fraction of sp³-hybridized carbons (Fsp3) is 0.600. The Labute approximate surface area is 61.3 Å². The van der Waals surface area contributed by atoms with E-state index in [0.29, 0.717) is 12.4 Å². The van der Waals surface area contributed by atoms with E-state index in [9.17, 15) is 0 Å². The molecule has 8 heavy (non-hydrogen) atoms. The molecular weight excluding hydrogens is 145 g/mol. The van der Waals surface area contributed by atoms with E-state index in [-0.39, 0.29) is 12.4 Å². The summed E-state index contributed by atoms with van der Waals surface area (Å²) < 4.78 is 0. The van der Waals surface area contributed by atoms with Crippen molar-refractivity contribution < 1.29 is 0 Å². The zero-order valence-corrected chi connectivity index (χ0v) is 6.21. The molecular formula is C5H11Cl2N. The Morgan fingerprint density at radius 3 is 2.38 bits per heavy atom. The van der Waals surface area contributed by atoms with E-state index in [4.69, 9.17) is 17.3 Å². The van der Waals surface area contributed by atoms with Gasteiger partial charge in [0.05, 0.1) is 0 Å². The third-order valence-corrected chi connectivity index (χ3v) is 0.797. The Balaban J connectivity index is 0. The SMILES string of the molecule is Cl.NCC=CCCCl. The van der Waals surface area contributed by atoms with Crippen molar-refractivity contribution in [2.75, 3.05) is 12.4 Å². The van der Waals surface area contributed by atoms with Gasteiger partial charge < -0.3 is 5.73 Å². The van der Waals surface area contributed by atoms with Crippen LogP contribution in [0.4, 0.5) is 0 Å². The molecule has 0 saturated heterocycles. The van der Waals surface area contributed by atoms with Gasteiger partial charge in [0, 0.05) is 12.4 Å². The second-order valence-electron chi connectivity index (χ2n) is 1.18. The molecule has 0 spiro atoms. The van der Waals surface area contributed by atoms with E-state index in [2.05, 4.69) is 0 Å². The summed E-state index contributed by atoms with van der Waals surface area (Å²) in [6, 6.07) is 0. The lowest BCUT2D eigenvalue weighted by Crippen LogP contribution is -1.91. The minimum absolute atomic E-state index is 0. The van der Waals surface area contributed by atoms with Crippen molar-refractivity contribution in [1.82, 2.24) is 0 Å². The van der Waals surface area contributed by atoms with Crippen LogP contribution in [0.3, 0.4) is 0 Å². The van der Waals surface area contributed by atoms with Gasteiger partial charge in [-0.15, -0.1) is 24.0 Å². The van der Waals surface area contributed by atoms with Gasteiger partial charge in [0.15, 0.2) is 0 Å². The van der Waals surface area contributed by atoms with E-state index in [0.717, 1.165) is 6.42 Å². The van der Waals surface area contributed by atoms with Gasteiger partial charge in [-0.3, -0.25) is 0 Å². The smallest absolute Gasteiger partial charge is 0.0258 e. The van der Waals surface area contributed by atoms with Crippen LogP contribution in [0.5, 0.6) is 0 Å². The first-order valence-electron chi connectivity index (χ1n) is 2.33. The van der Waals surface area contributed by atoms with Gasteiger partial charge in [-0.05, 0) is 6.42 Å². The predicted octanol–water partition coefficient (Wildman–Crippen LogP) is 1.55. The van der Waals surface area contributed by atoms with Crippen LogP contribution in [0.1, 0.15) is 6.42 Å². The fourth-order valence-electron chi connectivity index (χ4n) is 0.277. The molecule has 0 aromatic carbocycles. The monoisotopic (exact) mass is 155 g/mol. The number of rotatable bonds is 3. The van der Waals surface area contributed by atoms with Crippen LogP contribution >= 0.6 is 24.0 Å². The first-order chi connectivity index (χ1) is 3.41. The van der Waals surface area contributed by atoms with Crippen molar-refractivity contribution in [2.45, 2.75) is 6.42 Å². The molecule has 0 heterocycles. The van der Waals surface area contributed by atoms with Crippen LogP contribution in [-0.4, -0.2) is 12.4 Å². The number of alkyl halides is 1. The standard InChI is InChI=1S/C5H10ClN.ClH/c6-4-2-1-3-5-7;/h1,3H,2,4-5,7H2;1H. The van der Waals surface area contributed by atoms with Gasteiger partial charge in [-0.2, -0.15) is 0 Å². The second kappa shape index (κ2) is 10.3. The first kappa shape index (κ1) is 11.1. The average molecular weight is 156 g/mol. The highest BCUT2D eigenvalue weighted by Crippen LogP contribution is 1.83. The van der Waals surface area contributed by atoms with E-state index in [1.54, 1.807) is 0 Å². The van der Waals surface area contributed by atoms with E-state index < -0.39 is 0 Å². The summed E-state index contributed by atoms with van der Waals surface area (Å²) in [5.74, 6) is 0.691. The van der Waals surface area contributed by atoms with Crippen LogP contribution in [0.25, 0.3) is 0 Å². The predicted molar refractivity (Wildman–Crippen MR) is 40.8 cm³/mol. The second-order valence-corrected chi connectivity index (χ2v) is 1.56. The largest absolute Gasteiger partial charge is 0.327 e. The lowest BCUT2D eigenvalue weighted by molar-refractivity contribution is 1.18. The molecule has 0 aliphatic rings. The molecule has 0 aliphatic carbocycles. The number of hydrogen-bond donors (Lipinski definition) is 1. The number of halogens is 2. The molecule has 0 rings (SSSR count). The van der Waals surface area contributed by atoms with Crippen LogP contribution in [0.15, 0.2) is 12.2 Å². The molecule has 0 unspecified atom stereocenters. The fourth-order valence-corrected chi connectivity index (χ4v) is 0.403. The molecule has 1 nitrogen and oxygen atoms in total. The zero-order valence-electron chi connectivity index (χ0n) is 4.64. The quantitative estimate of drug-likeness (QED) is 0.486. The molecule has 50 valence electrons. The summed E-state index contributed by atoms with van der Waals surface area (Å²) >= 11 is 5.35. The van der Waals surface area contributed by atoms with E-state index in [1.807, 2.05) is 12.2 Å². The van der Waals surface area contributed by atoms with Gasteiger partial charge in [-0.25, -0.2) is 0 Å². The third-order valence-electron chi connectivity index (χ3n) is 0.579.